The van der Waals surface area contributed by atoms with Crippen molar-refractivity contribution < 1.29 is 14.0 Å². The van der Waals surface area contributed by atoms with Gasteiger partial charge in [-0.05, 0) is 38.4 Å². The average Bonchev–Trinajstić information content (AvgIpc) is 3.22. The number of carbonyl (C=O) groups is 2. The maximum Gasteiger partial charge on any atom is 0.289 e. The summed E-state index contributed by atoms with van der Waals surface area (Å²) >= 11 is 0. The number of piperazine rings is 1. The summed E-state index contributed by atoms with van der Waals surface area (Å²) in [7, 11) is 3.92. The number of amides is 2. The summed E-state index contributed by atoms with van der Waals surface area (Å²) in [5, 5.41) is 2.87. The molecule has 1 aliphatic rings. The van der Waals surface area contributed by atoms with E-state index >= 15 is 0 Å². The van der Waals surface area contributed by atoms with Crippen molar-refractivity contribution in [1.29, 1.82) is 0 Å². The van der Waals surface area contributed by atoms with E-state index in [4.69, 9.17) is 4.42 Å². The van der Waals surface area contributed by atoms with E-state index in [0.717, 1.165) is 12.2 Å². The lowest BCUT2D eigenvalue weighted by molar-refractivity contribution is 0.0714. The van der Waals surface area contributed by atoms with E-state index in [1.807, 2.05) is 25.1 Å². The van der Waals surface area contributed by atoms with Gasteiger partial charge in [0, 0.05) is 51.2 Å². The number of hydrogen-bond acceptors (Lipinski definition) is 6. The summed E-state index contributed by atoms with van der Waals surface area (Å²) in [6, 6.07) is 7.08. The number of anilines is 1. The van der Waals surface area contributed by atoms with E-state index in [1.54, 1.807) is 29.3 Å². The second kappa shape index (κ2) is 8.68. The van der Waals surface area contributed by atoms with Crippen LogP contribution in [0.25, 0.3) is 0 Å². The molecule has 144 valence electrons. The Morgan fingerprint density at radius 1 is 1.22 bits per heavy atom. The molecule has 0 atom stereocenters. The van der Waals surface area contributed by atoms with E-state index in [0.29, 0.717) is 44.2 Å². The molecule has 2 aromatic heterocycles. The topological polar surface area (TPSA) is 81.9 Å². The molecule has 0 unspecified atom stereocenters. The smallest absolute Gasteiger partial charge is 0.289 e. The number of furan rings is 1. The predicted molar refractivity (Wildman–Crippen MR) is 102 cm³/mol. The first kappa shape index (κ1) is 18.9. The molecule has 0 spiro atoms. The van der Waals surface area contributed by atoms with Gasteiger partial charge in [-0.2, -0.15) is 0 Å². The Hall–Kier alpha value is -2.87. The highest BCUT2D eigenvalue weighted by Crippen LogP contribution is 2.18. The first-order chi connectivity index (χ1) is 13.0. The fraction of sp³-hybridized carbons (Fsp3) is 0.421. The van der Waals surface area contributed by atoms with Crippen molar-refractivity contribution in [2.45, 2.75) is 0 Å². The van der Waals surface area contributed by atoms with Gasteiger partial charge >= 0.3 is 0 Å². The molecule has 27 heavy (non-hydrogen) atoms. The van der Waals surface area contributed by atoms with Crippen LogP contribution in [0.3, 0.4) is 0 Å². The Morgan fingerprint density at radius 3 is 2.67 bits per heavy atom. The summed E-state index contributed by atoms with van der Waals surface area (Å²) in [6.07, 6.45) is 3.15. The highest BCUT2D eigenvalue weighted by atomic mass is 16.3. The van der Waals surface area contributed by atoms with Crippen LogP contribution in [0.5, 0.6) is 0 Å². The third-order valence-electron chi connectivity index (χ3n) is 4.48. The Bertz CT molecular complexity index is 767. The van der Waals surface area contributed by atoms with Gasteiger partial charge in [0.15, 0.2) is 5.76 Å². The molecule has 1 aliphatic heterocycles. The van der Waals surface area contributed by atoms with E-state index < -0.39 is 0 Å². The molecular formula is C19H25N5O3. The SMILES string of the molecule is CN(C)CCNC(=O)c1cc(N2CCN(C(=O)c3ccco3)CC2)ccn1. The minimum absolute atomic E-state index is 0.0877. The standard InChI is InChI=1S/C19H25N5O3/c1-22(2)8-7-21-18(25)16-14-15(5-6-20-16)23-9-11-24(12-10-23)19(26)17-4-3-13-27-17/h3-6,13-14H,7-12H2,1-2H3,(H,21,25). The van der Waals surface area contributed by atoms with Crippen LogP contribution in [0.4, 0.5) is 5.69 Å². The van der Waals surface area contributed by atoms with Crippen LogP contribution >= 0.6 is 0 Å². The first-order valence-electron chi connectivity index (χ1n) is 9.01. The first-order valence-corrected chi connectivity index (χ1v) is 9.01. The van der Waals surface area contributed by atoms with Crippen LogP contribution in [0.1, 0.15) is 21.0 Å². The Morgan fingerprint density at radius 2 is 2.00 bits per heavy atom. The highest BCUT2D eigenvalue weighted by Gasteiger charge is 2.24. The summed E-state index contributed by atoms with van der Waals surface area (Å²) in [5.74, 6) is 0.102. The number of carbonyl (C=O) groups excluding carboxylic acids is 2. The van der Waals surface area contributed by atoms with Gasteiger partial charge in [0.1, 0.15) is 5.69 Å². The van der Waals surface area contributed by atoms with Crippen molar-refractivity contribution in [3.63, 3.8) is 0 Å². The lowest BCUT2D eigenvalue weighted by Crippen LogP contribution is -2.48. The number of pyridine rings is 1. The van der Waals surface area contributed by atoms with Gasteiger partial charge < -0.3 is 24.4 Å². The van der Waals surface area contributed by atoms with E-state index in [9.17, 15) is 9.59 Å². The summed E-state index contributed by atoms with van der Waals surface area (Å²) < 4.78 is 5.19. The zero-order valence-corrected chi connectivity index (χ0v) is 15.7. The molecule has 8 heteroatoms. The molecule has 2 aromatic rings. The maximum atomic E-state index is 12.3. The van der Waals surface area contributed by atoms with E-state index in [2.05, 4.69) is 15.2 Å². The van der Waals surface area contributed by atoms with Crippen LogP contribution in [-0.2, 0) is 0 Å². The number of hydrogen-bond donors (Lipinski definition) is 1. The maximum absolute atomic E-state index is 12.3. The summed E-state index contributed by atoms with van der Waals surface area (Å²) in [6.45, 7) is 3.94. The van der Waals surface area contributed by atoms with E-state index in [-0.39, 0.29) is 11.8 Å². The number of rotatable bonds is 6. The average molecular weight is 371 g/mol. The van der Waals surface area contributed by atoms with E-state index in [1.165, 1.54) is 6.26 Å². The fourth-order valence-electron chi connectivity index (χ4n) is 2.95. The van der Waals surface area contributed by atoms with Crippen molar-refractivity contribution in [2.24, 2.45) is 0 Å². The predicted octanol–water partition coefficient (Wildman–Crippen LogP) is 0.928. The van der Waals surface area contributed by atoms with Gasteiger partial charge in [0.2, 0.25) is 0 Å². The van der Waals surface area contributed by atoms with Gasteiger partial charge in [-0.15, -0.1) is 0 Å². The molecule has 0 bridgehead atoms. The molecule has 8 nitrogen and oxygen atoms in total. The molecule has 0 radical (unpaired) electrons. The Labute approximate surface area is 158 Å². The number of likely N-dealkylation sites (N-methyl/N-ethyl adjacent to an activating group) is 1. The monoisotopic (exact) mass is 371 g/mol. The molecule has 0 aliphatic carbocycles. The number of nitrogens with one attached hydrogen (secondary N) is 1. The van der Waals surface area contributed by atoms with Gasteiger partial charge in [-0.3, -0.25) is 14.6 Å². The molecule has 0 saturated carbocycles. The fourth-order valence-corrected chi connectivity index (χ4v) is 2.95. The third kappa shape index (κ3) is 4.85. The normalized spacial score (nSPS) is 14.5. The van der Waals surface area contributed by atoms with Crippen molar-refractivity contribution in [1.82, 2.24) is 20.1 Å². The van der Waals surface area contributed by atoms with Gasteiger partial charge in [0.05, 0.1) is 6.26 Å². The van der Waals surface area contributed by atoms with Gasteiger partial charge in [0.25, 0.3) is 11.8 Å². The van der Waals surface area contributed by atoms with Crippen molar-refractivity contribution in [3.05, 3.63) is 48.2 Å². The minimum Gasteiger partial charge on any atom is -0.459 e. The molecular weight excluding hydrogens is 346 g/mol. The third-order valence-corrected chi connectivity index (χ3v) is 4.48. The second-order valence-corrected chi connectivity index (χ2v) is 6.72. The number of nitrogens with zero attached hydrogens (tertiary/aromatic N) is 4. The van der Waals surface area contributed by atoms with Crippen molar-refractivity contribution >= 4 is 17.5 Å². The quantitative estimate of drug-likeness (QED) is 0.814. The zero-order chi connectivity index (χ0) is 19.2. The summed E-state index contributed by atoms with van der Waals surface area (Å²) in [4.78, 5) is 34.7. The molecule has 3 rings (SSSR count). The molecule has 1 N–H and O–H groups in total. The van der Waals surface area contributed by atoms with Crippen LogP contribution < -0.4 is 10.2 Å². The molecule has 1 saturated heterocycles. The van der Waals surface area contributed by atoms with Crippen molar-refractivity contribution in [3.8, 4) is 0 Å². The lowest BCUT2D eigenvalue weighted by Gasteiger charge is -2.35. The van der Waals surface area contributed by atoms with Crippen LogP contribution in [0.2, 0.25) is 0 Å². The molecule has 0 aromatic carbocycles. The minimum atomic E-state index is -0.176. The largest absolute Gasteiger partial charge is 0.459 e. The van der Waals surface area contributed by atoms with Gasteiger partial charge in [-0.1, -0.05) is 0 Å². The van der Waals surface area contributed by atoms with Crippen LogP contribution in [-0.4, -0.2) is 80.0 Å². The van der Waals surface area contributed by atoms with Crippen LogP contribution in [0.15, 0.2) is 41.1 Å². The molecule has 1 fully saturated rings. The zero-order valence-electron chi connectivity index (χ0n) is 15.7. The molecule has 2 amide bonds. The van der Waals surface area contributed by atoms with Crippen LogP contribution in [0, 0.1) is 0 Å². The van der Waals surface area contributed by atoms with Crippen molar-refractivity contribution in [2.75, 3.05) is 58.3 Å². The Balaban J connectivity index is 1.56. The molecule has 3 heterocycles. The summed E-state index contributed by atoms with van der Waals surface area (Å²) in [5.41, 5.74) is 1.34. The second-order valence-electron chi connectivity index (χ2n) is 6.72. The Kier molecular flexibility index (Phi) is 6.08. The number of aromatic nitrogens is 1. The lowest BCUT2D eigenvalue weighted by atomic mass is 10.2. The van der Waals surface area contributed by atoms with Gasteiger partial charge in [-0.25, -0.2) is 0 Å². The highest BCUT2D eigenvalue weighted by molar-refractivity contribution is 5.93.